The van der Waals surface area contributed by atoms with Crippen molar-refractivity contribution in [2.24, 2.45) is 27.3 Å². The van der Waals surface area contributed by atoms with Gasteiger partial charge in [-0.1, -0.05) is 27.2 Å². The molecule has 4 fully saturated rings. The van der Waals surface area contributed by atoms with Crippen LogP contribution in [0, 0.1) is 22.2 Å². The summed E-state index contributed by atoms with van der Waals surface area (Å²) in [7, 11) is 0. The van der Waals surface area contributed by atoms with Gasteiger partial charge in [0, 0.05) is 0 Å². The molecule has 4 bridgehead atoms. The van der Waals surface area contributed by atoms with E-state index in [1.807, 2.05) is 25.1 Å². The second-order valence-corrected chi connectivity index (χ2v) is 11.0. The van der Waals surface area contributed by atoms with Crippen LogP contribution in [0.3, 0.4) is 0 Å². The minimum absolute atomic E-state index is 0.106. The van der Waals surface area contributed by atoms with Gasteiger partial charge >= 0.3 is 0 Å². The van der Waals surface area contributed by atoms with Crippen molar-refractivity contribution < 1.29 is 14.3 Å². The fourth-order valence-electron chi connectivity index (χ4n) is 7.30. The van der Waals surface area contributed by atoms with Gasteiger partial charge in [-0.2, -0.15) is 5.10 Å². The Labute approximate surface area is 187 Å². The number of carbonyl (C=O) groups is 1. The van der Waals surface area contributed by atoms with Crippen molar-refractivity contribution in [3.05, 3.63) is 23.8 Å². The Morgan fingerprint density at radius 3 is 2.48 bits per heavy atom. The smallest absolute Gasteiger partial charge is 0.246 e. The summed E-state index contributed by atoms with van der Waals surface area (Å²) in [4.78, 5) is 13.3. The Balaban J connectivity index is 1.42. The van der Waals surface area contributed by atoms with E-state index in [-0.39, 0.29) is 11.3 Å². The number of rotatable bonds is 9. The van der Waals surface area contributed by atoms with Gasteiger partial charge in [-0.25, -0.2) is 5.43 Å². The lowest BCUT2D eigenvalue weighted by molar-refractivity contribution is -0.170. The average molecular weight is 427 g/mol. The number of ether oxygens (including phenoxy) is 2. The molecule has 5 rings (SSSR count). The van der Waals surface area contributed by atoms with Gasteiger partial charge < -0.3 is 9.47 Å². The molecule has 1 aromatic rings. The number of benzene rings is 1. The van der Waals surface area contributed by atoms with Crippen LogP contribution in [0.5, 0.6) is 11.5 Å². The Morgan fingerprint density at radius 2 is 1.84 bits per heavy atom. The van der Waals surface area contributed by atoms with Crippen LogP contribution in [0.2, 0.25) is 0 Å². The molecule has 2 atom stereocenters. The summed E-state index contributed by atoms with van der Waals surface area (Å²) >= 11 is 0. The zero-order chi connectivity index (χ0) is 22.1. The van der Waals surface area contributed by atoms with Gasteiger partial charge in [0.1, 0.15) is 0 Å². The van der Waals surface area contributed by atoms with E-state index in [2.05, 4.69) is 31.3 Å². The molecule has 0 saturated heterocycles. The van der Waals surface area contributed by atoms with Crippen LogP contribution in [0.15, 0.2) is 23.3 Å². The van der Waals surface area contributed by atoms with E-state index in [1.54, 1.807) is 6.21 Å². The summed E-state index contributed by atoms with van der Waals surface area (Å²) in [5.74, 6) is 2.27. The number of carbonyl (C=O) groups excluding carboxylic acids is 1. The Bertz CT molecular complexity index is 831. The quantitative estimate of drug-likeness (QED) is 0.312. The first-order valence-electron chi connectivity index (χ1n) is 12.0. The Kier molecular flexibility index (Phi) is 6.06. The molecule has 0 heterocycles. The minimum atomic E-state index is -0.242. The fourth-order valence-corrected chi connectivity index (χ4v) is 7.30. The van der Waals surface area contributed by atoms with Crippen LogP contribution in [0.1, 0.15) is 84.6 Å². The number of amides is 1. The van der Waals surface area contributed by atoms with E-state index in [1.165, 1.54) is 19.3 Å². The van der Waals surface area contributed by atoms with Gasteiger partial charge in [0.25, 0.3) is 0 Å². The molecule has 0 spiro atoms. The molecule has 0 aliphatic heterocycles. The van der Waals surface area contributed by atoms with E-state index >= 15 is 0 Å². The van der Waals surface area contributed by atoms with Gasteiger partial charge in [-0.3, -0.25) is 4.79 Å². The minimum Gasteiger partial charge on any atom is -0.490 e. The van der Waals surface area contributed by atoms with Crippen LogP contribution in [-0.2, 0) is 4.79 Å². The second-order valence-electron chi connectivity index (χ2n) is 11.0. The zero-order valence-electron chi connectivity index (χ0n) is 19.6. The van der Waals surface area contributed by atoms with Crippen molar-refractivity contribution in [3.8, 4) is 11.5 Å². The van der Waals surface area contributed by atoms with E-state index in [9.17, 15) is 4.79 Å². The summed E-state index contributed by atoms with van der Waals surface area (Å²) < 4.78 is 11.6. The molecule has 1 amide bonds. The lowest BCUT2D eigenvalue weighted by atomic mass is 9.40. The fraction of sp³-hybridized carbons (Fsp3) is 0.692. The standard InChI is InChI=1S/C26H38N2O3/c1-5-7-10-31-21-9-8-19(11-22(21)30-6-2)15-27-28-23(29)26-14-20-12-24(3,17-26)16-25(4,13-20)18-26/h8-9,11,15,20H,5-7,10,12-14,16-18H2,1-4H3,(H,28,29)/b27-15+. The zero-order valence-corrected chi connectivity index (χ0v) is 19.6. The summed E-state index contributed by atoms with van der Waals surface area (Å²) in [5, 5.41) is 4.33. The first kappa shape index (κ1) is 22.2. The number of hydrogen-bond acceptors (Lipinski definition) is 4. The largest absolute Gasteiger partial charge is 0.490 e. The van der Waals surface area contributed by atoms with Crippen molar-refractivity contribution in [2.75, 3.05) is 13.2 Å². The molecule has 1 aromatic carbocycles. The van der Waals surface area contributed by atoms with Crippen molar-refractivity contribution in [1.82, 2.24) is 5.43 Å². The predicted molar refractivity (Wildman–Crippen MR) is 124 cm³/mol. The normalized spacial score (nSPS) is 33.6. The number of nitrogens with zero attached hydrogens (tertiary/aromatic N) is 1. The molecule has 4 saturated carbocycles. The molecule has 31 heavy (non-hydrogen) atoms. The lowest BCUT2D eigenvalue weighted by Crippen LogP contribution is -2.59. The number of hydrogen-bond donors (Lipinski definition) is 1. The van der Waals surface area contributed by atoms with Crippen LogP contribution < -0.4 is 14.9 Å². The molecule has 2 unspecified atom stereocenters. The second kappa shape index (κ2) is 8.48. The molecule has 4 aliphatic carbocycles. The molecular formula is C26H38N2O3. The third-order valence-electron chi connectivity index (χ3n) is 7.51. The van der Waals surface area contributed by atoms with Gasteiger partial charge in [0.05, 0.1) is 24.8 Å². The van der Waals surface area contributed by atoms with Gasteiger partial charge in [0.2, 0.25) is 5.91 Å². The van der Waals surface area contributed by atoms with E-state index in [0.29, 0.717) is 30.0 Å². The van der Waals surface area contributed by atoms with Crippen molar-refractivity contribution in [2.45, 2.75) is 79.1 Å². The molecule has 1 N–H and O–H groups in total. The molecule has 170 valence electrons. The molecule has 5 nitrogen and oxygen atoms in total. The molecule has 0 aromatic heterocycles. The monoisotopic (exact) mass is 426 g/mol. The first-order valence-corrected chi connectivity index (χ1v) is 12.0. The summed E-state index contributed by atoms with van der Waals surface area (Å²) in [6.07, 6.45) is 10.7. The Morgan fingerprint density at radius 1 is 1.10 bits per heavy atom. The van der Waals surface area contributed by atoms with E-state index < -0.39 is 0 Å². The third-order valence-corrected chi connectivity index (χ3v) is 7.51. The molecule has 4 aliphatic rings. The maximum absolute atomic E-state index is 13.3. The number of nitrogens with one attached hydrogen (secondary N) is 1. The maximum atomic E-state index is 13.3. The summed E-state index contributed by atoms with van der Waals surface area (Å²) in [5.41, 5.74) is 4.16. The highest BCUT2D eigenvalue weighted by atomic mass is 16.5. The first-order chi connectivity index (χ1) is 14.8. The maximum Gasteiger partial charge on any atom is 0.246 e. The van der Waals surface area contributed by atoms with Gasteiger partial charge in [0.15, 0.2) is 11.5 Å². The van der Waals surface area contributed by atoms with Gasteiger partial charge in [-0.15, -0.1) is 0 Å². The van der Waals surface area contributed by atoms with Crippen molar-refractivity contribution in [3.63, 3.8) is 0 Å². The van der Waals surface area contributed by atoms with Gasteiger partial charge in [-0.05, 0) is 92.4 Å². The van der Waals surface area contributed by atoms with Crippen LogP contribution >= 0.6 is 0 Å². The highest BCUT2D eigenvalue weighted by molar-refractivity contribution is 5.86. The molecular weight excluding hydrogens is 388 g/mol. The van der Waals surface area contributed by atoms with E-state index in [4.69, 9.17) is 9.47 Å². The highest BCUT2D eigenvalue weighted by Gasteiger charge is 2.62. The van der Waals surface area contributed by atoms with Crippen LogP contribution in [0.25, 0.3) is 0 Å². The summed E-state index contributed by atoms with van der Waals surface area (Å²) in [6.45, 7) is 10.1. The summed E-state index contributed by atoms with van der Waals surface area (Å²) in [6, 6.07) is 5.80. The third kappa shape index (κ3) is 4.61. The van der Waals surface area contributed by atoms with Crippen molar-refractivity contribution in [1.29, 1.82) is 0 Å². The van der Waals surface area contributed by atoms with Crippen LogP contribution in [-0.4, -0.2) is 25.3 Å². The van der Waals surface area contributed by atoms with Crippen molar-refractivity contribution >= 4 is 12.1 Å². The highest BCUT2D eigenvalue weighted by Crippen LogP contribution is 2.69. The lowest BCUT2D eigenvalue weighted by Gasteiger charge is -2.64. The SMILES string of the molecule is CCCCOc1ccc(/C=N/NC(=O)C23CC4CC(C)(CC(C)(C4)C2)C3)cc1OCC. The average Bonchev–Trinajstić information content (AvgIpc) is 2.67. The topological polar surface area (TPSA) is 59.9 Å². The Hall–Kier alpha value is -2.04. The van der Waals surface area contributed by atoms with E-state index in [0.717, 1.165) is 49.2 Å². The predicted octanol–water partition coefficient (Wildman–Crippen LogP) is 5.71. The number of hydrazone groups is 1. The molecule has 5 heteroatoms. The molecule has 0 radical (unpaired) electrons. The van der Waals surface area contributed by atoms with Crippen LogP contribution in [0.4, 0.5) is 0 Å². The number of unbranched alkanes of at least 4 members (excludes halogenated alkanes) is 1.